The third-order valence-corrected chi connectivity index (χ3v) is 12.6. The predicted molar refractivity (Wildman–Crippen MR) is 191 cm³/mol. The van der Waals surface area contributed by atoms with Gasteiger partial charge in [0, 0.05) is 49.0 Å². The van der Waals surface area contributed by atoms with Gasteiger partial charge >= 0.3 is 0 Å². The second kappa shape index (κ2) is 10.2. The van der Waals surface area contributed by atoms with Gasteiger partial charge in [-0.1, -0.05) is 66.8 Å². The van der Waals surface area contributed by atoms with Gasteiger partial charge in [0.1, 0.15) is 0 Å². The van der Waals surface area contributed by atoms with Crippen molar-refractivity contribution in [1.29, 1.82) is 0 Å². The second-order valence-electron chi connectivity index (χ2n) is 13.7. The Morgan fingerprint density at radius 2 is 1.64 bits per heavy atom. The van der Waals surface area contributed by atoms with Crippen LogP contribution in [0.25, 0.3) is 40.1 Å². The van der Waals surface area contributed by atoms with E-state index in [0.717, 1.165) is 19.3 Å². The van der Waals surface area contributed by atoms with E-state index in [9.17, 15) is 0 Å². The minimum atomic E-state index is 0.414. The normalized spacial score (nSPS) is 25.8. The second-order valence-corrected chi connectivity index (χ2v) is 14.8. The van der Waals surface area contributed by atoms with Gasteiger partial charge in [-0.15, -0.1) is 11.3 Å². The number of allylic oxidation sites excluding steroid dienone is 5. The van der Waals surface area contributed by atoms with Crippen LogP contribution in [0.1, 0.15) is 60.2 Å². The van der Waals surface area contributed by atoms with Crippen LogP contribution in [0.4, 0.5) is 5.69 Å². The summed E-state index contributed by atoms with van der Waals surface area (Å²) in [4.78, 5) is 4.25. The fourth-order valence-electron chi connectivity index (χ4n) is 9.28. The molecule has 2 nitrogen and oxygen atoms in total. The largest absolute Gasteiger partial charge is 0.334 e. The molecule has 4 atom stereocenters. The lowest BCUT2D eigenvalue weighted by molar-refractivity contribution is 0.365. The van der Waals surface area contributed by atoms with Crippen molar-refractivity contribution < 1.29 is 0 Å². The molecule has 0 saturated carbocycles. The van der Waals surface area contributed by atoms with Gasteiger partial charge in [0.15, 0.2) is 0 Å². The molecule has 5 aliphatic carbocycles. The minimum Gasteiger partial charge on any atom is -0.334 e. The van der Waals surface area contributed by atoms with E-state index < -0.39 is 0 Å². The van der Waals surface area contributed by atoms with Gasteiger partial charge in [0.25, 0.3) is 0 Å². The molecule has 0 N–H and O–H groups in total. The Hall–Kier alpha value is -4.08. The fourth-order valence-corrected chi connectivity index (χ4v) is 10.5. The quantitative estimate of drug-likeness (QED) is 0.213. The van der Waals surface area contributed by atoms with Crippen molar-refractivity contribution in [2.24, 2.45) is 17.8 Å². The molecule has 0 fully saturated rings. The molecular formula is C42H38N2S. The smallest absolute Gasteiger partial charge is 0.0588 e. The summed E-state index contributed by atoms with van der Waals surface area (Å²) in [5, 5.41) is 4.34. The van der Waals surface area contributed by atoms with E-state index in [0.29, 0.717) is 23.8 Å². The van der Waals surface area contributed by atoms with Crippen LogP contribution in [0.5, 0.6) is 0 Å². The first-order valence-corrected chi connectivity index (χ1v) is 17.9. The van der Waals surface area contributed by atoms with Gasteiger partial charge in [-0.3, -0.25) is 0 Å². The minimum absolute atomic E-state index is 0.414. The number of benzene rings is 2. The first-order valence-electron chi connectivity index (χ1n) is 17.1. The summed E-state index contributed by atoms with van der Waals surface area (Å²) in [7, 11) is 0. The van der Waals surface area contributed by atoms with Gasteiger partial charge in [0.05, 0.1) is 6.04 Å². The van der Waals surface area contributed by atoms with Gasteiger partial charge < -0.3 is 9.47 Å². The summed E-state index contributed by atoms with van der Waals surface area (Å²) < 4.78 is 3.94. The monoisotopic (exact) mass is 602 g/mol. The Morgan fingerprint density at radius 3 is 2.60 bits per heavy atom. The number of anilines is 1. The number of thiophene rings is 1. The summed E-state index contributed by atoms with van der Waals surface area (Å²) in [6, 6.07) is 18.6. The van der Waals surface area contributed by atoms with Crippen LogP contribution in [-0.2, 0) is 12.8 Å². The van der Waals surface area contributed by atoms with E-state index in [4.69, 9.17) is 0 Å². The molecule has 2 aromatic carbocycles. The van der Waals surface area contributed by atoms with Crippen LogP contribution in [0.3, 0.4) is 0 Å². The van der Waals surface area contributed by atoms with Crippen molar-refractivity contribution in [2.75, 3.05) is 4.90 Å². The number of fused-ring (bicyclic) bond motifs is 8. The third-order valence-electron chi connectivity index (χ3n) is 11.3. The van der Waals surface area contributed by atoms with E-state index in [2.05, 4.69) is 119 Å². The molecule has 0 spiro atoms. The van der Waals surface area contributed by atoms with Crippen LogP contribution in [-0.4, -0.2) is 10.6 Å². The number of rotatable bonds is 3. The Morgan fingerprint density at radius 1 is 0.778 bits per heavy atom. The molecule has 4 aromatic rings. The summed E-state index contributed by atoms with van der Waals surface area (Å²) >= 11 is 1.99. The van der Waals surface area contributed by atoms with Crippen molar-refractivity contribution in [1.82, 2.24) is 4.57 Å². The number of aryl methyl sites for hydroxylation is 1. The summed E-state index contributed by atoms with van der Waals surface area (Å²) in [6.07, 6.45) is 34.1. The van der Waals surface area contributed by atoms with Crippen molar-refractivity contribution in [3.8, 4) is 5.69 Å². The highest BCUT2D eigenvalue weighted by Gasteiger charge is 2.43. The molecule has 3 heteroatoms. The molecule has 0 bridgehead atoms. The molecule has 222 valence electrons. The SMILES string of the molecule is C1=CC2=C(CC1)C1CC(C3C=c4c5c(n(-c6ccccc6)c4=CC3)C=CCC5)C=CC1N2c1ccc2sc3c(c2c1)C=CCC3. The lowest BCUT2D eigenvalue weighted by Crippen LogP contribution is -2.38. The van der Waals surface area contributed by atoms with Crippen molar-refractivity contribution in [3.05, 3.63) is 129 Å². The zero-order valence-electron chi connectivity index (χ0n) is 25.7. The average molecular weight is 603 g/mol. The highest BCUT2D eigenvalue weighted by Crippen LogP contribution is 2.50. The molecule has 0 radical (unpaired) electrons. The van der Waals surface area contributed by atoms with E-state index >= 15 is 0 Å². The fraction of sp³-hybridized carbons (Fsp3) is 0.286. The highest BCUT2D eigenvalue weighted by atomic mass is 32.1. The zero-order valence-corrected chi connectivity index (χ0v) is 26.5. The maximum atomic E-state index is 2.69. The Kier molecular flexibility index (Phi) is 5.94. The number of nitrogens with zero attached hydrogens (tertiary/aromatic N) is 2. The molecule has 0 amide bonds. The first-order chi connectivity index (χ1) is 22.3. The molecule has 1 aliphatic heterocycles. The predicted octanol–water partition coefficient (Wildman–Crippen LogP) is 8.88. The molecule has 3 heterocycles. The lowest BCUT2D eigenvalue weighted by atomic mass is 9.72. The van der Waals surface area contributed by atoms with Crippen LogP contribution in [0, 0.1) is 17.8 Å². The molecule has 6 aliphatic rings. The molecule has 2 aromatic heterocycles. The maximum absolute atomic E-state index is 2.69. The van der Waals surface area contributed by atoms with E-state index in [1.54, 1.807) is 16.0 Å². The number of aromatic nitrogens is 1. The number of para-hydroxylation sites is 1. The van der Waals surface area contributed by atoms with E-state index in [1.807, 2.05) is 11.3 Å². The number of hydrogen-bond donors (Lipinski definition) is 0. The van der Waals surface area contributed by atoms with Crippen LogP contribution in [0.15, 0.2) is 96.3 Å². The molecular weight excluding hydrogens is 565 g/mol. The van der Waals surface area contributed by atoms with Crippen molar-refractivity contribution in [3.63, 3.8) is 0 Å². The Bertz CT molecular complexity index is 2150. The van der Waals surface area contributed by atoms with Gasteiger partial charge in [-0.05, 0) is 128 Å². The maximum Gasteiger partial charge on any atom is 0.0588 e. The van der Waals surface area contributed by atoms with Crippen molar-refractivity contribution >= 4 is 51.4 Å². The van der Waals surface area contributed by atoms with Gasteiger partial charge in [-0.2, -0.15) is 0 Å². The van der Waals surface area contributed by atoms with Crippen LogP contribution < -0.4 is 15.5 Å². The summed E-state index contributed by atoms with van der Waals surface area (Å²) in [5.41, 5.74) is 10.2. The number of hydrogen-bond acceptors (Lipinski definition) is 2. The molecule has 45 heavy (non-hydrogen) atoms. The van der Waals surface area contributed by atoms with Crippen LogP contribution >= 0.6 is 11.3 Å². The molecule has 10 rings (SSSR count). The topological polar surface area (TPSA) is 8.17 Å². The van der Waals surface area contributed by atoms with Gasteiger partial charge in [0.2, 0.25) is 0 Å². The highest BCUT2D eigenvalue weighted by molar-refractivity contribution is 7.19. The van der Waals surface area contributed by atoms with E-state index in [1.165, 1.54) is 81.1 Å². The van der Waals surface area contributed by atoms with E-state index in [-0.39, 0.29) is 0 Å². The Balaban J connectivity index is 1.03. The lowest BCUT2D eigenvalue weighted by Gasteiger charge is -2.36. The zero-order chi connectivity index (χ0) is 29.5. The summed E-state index contributed by atoms with van der Waals surface area (Å²) in [6.45, 7) is 0. The first kappa shape index (κ1) is 26.2. The average Bonchev–Trinajstić information content (AvgIpc) is 3.75. The summed E-state index contributed by atoms with van der Waals surface area (Å²) in [5.74, 6) is 1.71. The Labute approximate surface area is 269 Å². The standard InChI is InChI=1S/C42H38N2S/c1-2-10-29(11-3-1)43-37-15-7-4-12-31(37)34-24-27(18-21-39(34)43)28-19-22-40-35(25-28)32-13-5-8-16-38(32)44(40)30-20-23-42-36(26-30)33-14-6-9-17-41(33)45-42/h1-3,6-8,10-11,14-16,19-24,26-28,35,40H,4-5,9,12-13,17-18,25H2. The van der Waals surface area contributed by atoms with Crippen LogP contribution in [0.2, 0.25) is 0 Å². The third kappa shape index (κ3) is 3.99. The molecule has 4 unspecified atom stereocenters. The van der Waals surface area contributed by atoms with Crippen molar-refractivity contribution in [2.45, 2.75) is 57.4 Å². The van der Waals surface area contributed by atoms with Gasteiger partial charge in [-0.25, -0.2) is 0 Å². The molecule has 0 saturated heterocycles.